The Labute approximate surface area is 136 Å². The fourth-order valence-corrected chi connectivity index (χ4v) is 2.76. The van der Waals surface area contributed by atoms with Gasteiger partial charge in [0.1, 0.15) is 5.69 Å². The maximum atomic E-state index is 13.0. The molecule has 0 fully saturated rings. The number of aromatic amines is 1. The van der Waals surface area contributed by atoms with Gasteiger partial charge in [-0.1, -0.05) is 42.5 Å². The van der Waals surface area contributed by atoms with Crippen LogP contribution in [0.5, 0.6) is 0 Å². The maximum Gasteiger partial charge on any atom is 0.389 e. The summed E-state index contributed by atoms with van der Waals surface area (Å²) < 4.78 is 39.0. The highest BCUT2D eigenvalue weighted by Gasteiger charge is 2.34. The lowest BCUT2D eigenvalue weighted by atomic mass is 9.93. The van der Waals surface area contributed by atoms with Gasteiger partial charge in [-0.3, -0.25) is 4.79 Å². The normalized spacial score (nSPS) is 13.1. The molecule has 1 unspecified atom stereocenters. The zero-order valence-electron chi connectivity index (χ0n) is 12.7. The molecule has 6 heteroatoms. The van der Waals surface area contributed by atoms with Gasteiger partial charge in [-0.15, -0.1) is 0 Å². The summed E-state index contributed by atoms with van der Waals surface area (Å²) in [6, 6.07) is 15.6. The number of H-pyrrole nitrogens is 1. The number of hydrogen-bond acceptors (Lipinski definition) is 2. The molecule has 124 valence electrons. The third-order valence-corrected chi connectivity index (χ3v) is 3.82. The molecule has 3 aromatic rings. The molecule has 0 bridgehead atoms. The number of nitrogens with zero attached hydrogens (tertiary/aromatic N) is 1. The average Bonchev–Trinajstić information content (AvgIpc) is 2.53. The van der Waals surface area contributed by atoms with Gasteiger partial charge in [-0.2, -0.15) is 13.2 Å². The number of halogens is 3. The summed E-state index contributed by atoms with van der Waals surface area (Å²) in [6.07, 6.45) is -5.36. The Morgan fingerprint density at radius 1 is 1.00 bits per heavy atom. The molecular weight excluding hydrogens is 317 g/mol. The molecule has 1 heterocycles. The van der Waals surface area contributed by atoms with Crippen molar-refractivity contribution in [1.82, 2.24) is 9.97 Å². The van der Waals surface area contributed by atoms with Crippen molar-refractivity contribution in [3.8, 4) is 0 Å². The number of aromatic nitrogens is 2. The lowest BCUT2D eigenvalue weighted by Gasteiger charge is -2.18. The summed E-state index contributed by atoms with van der Waals surface area (Å²) >= 11 is 0. The number of para-hydroxylation sites is 2. The molecule has 24 heavy (non-hydrogen) atoms. The maximum absolute atomic E-state index is 13.0. The second-order valence-electron chi connectivity index (χ2n) is 5.67. The standard InChI is InChI=1S/C18H15F3N2O/c19-18(20,21)11-13(10-12-6-2-1-3-7-12)16-17(24)23-15-9-5-4-8-14(15)22-16/h1-9,13H,10-11H2,(H,23,24). The van der Waals surface area contributed by atoms with Crippen molar-refractivity contribution < 1.29 is 13.2 Å². The van der Waals surface area contributed by atoms with E-state index in [1.54, 1.807) is 54.6 Å². The number of alkyl halides is 3. The van der Waals surface area contributed by atoms with Crippen LogP contribution in [0.2, 0.25) is 0 Å². The number of benzene rings is 2. The minimum atomic E-state index is -4.38. The van der Waals surface area contributed by atoms with Crippen molar-refractivity contribution in [3.05, 3.63) is 76.2 Å². The van der Waals surface area contributed by atoms with E-state index in [4.69, 9.17) is 0 Å². The fourth-order valence-electron chi connectivity index (χ4n) is 2.76. The van der Waals surface area contributed by atoms with Gasteiger partial charge in [-0.05, 0) is 24.1 Å². The van der Waals surface area contributed by atoms with E-state index in [1.807, 2.05) is 0 Å². The quantitative estimate of drug-likeness (QED) is 0.778. The molecule has 3 nitrogen and oxygen atoms in total. The van der Waals surface area contributed by atoms with Crippen LogP contribution in [0.15, 0.2) is 59.4 Å². The Morgan fingerprint density at radius 2 is 1.67 bits per heavy atom. The minimum absolute atomic E-state index is 0.0742. The summed E-state index contributed by atoms with van der Waals surface area (Å²) in [7, 11) is 0. The Kier molecular flexibility index (Phi) is 4.38. The van der Waals surface area contributed by atoms with E-state index in [2.05, 4.69) is 9.97 Å². The summed E-state index contributed by atoms with van der Waals surface area (Å²) in [4.78, 5) is 19.1. The third-order valence-electron chi connectivity index (χ3n) is 3.82. The number of hydrogen-bond donors (Lipinski definition) is 1. The molecule has 1 aromatic heterocycles. The molecule has 0 aliphatic carbocycles. The molecule has 0 radical (unpaired) electrons. The lowest BCUT2D eigenvalue weighted by molar-refractivity contribution is -0.139. The third kappa shape index (κ3) is 3.82. The van der Waals surface area contributed by atoms with Crippen LogP contribution in [-0.4, -0.2) is 16.1 Å². The van der Waals surface area contributed by atoms with Crippen LogP contribution in [0, 0.1) is 0 Å². The van der Waals surface area contributed by atoms with Crippen molar-refractivity contribution in [2.45, 2.75) is 24.9 Å². The van der Waals surface area contributed by atoms with Gasteiger partial charge in [0.25, 0.3) is 5.56 Å². The van der Waals surface area contributed by atoms with E-state index in [-0.39, 0.29) is 12.1 Å². The van der Waals surface area contributed by atoms with E-state index < -0.39 is 24.1 Å². The predicted molar refractivity (Wildman–Crippen MR) is 85.9 cm³/mol. The van der Waals surface area contributed by atoms with Gasteiger partial charge in [-0.25, -0.2) is 4.98 Å². The van der Waals surface area contributed by atoms with Gasteiger partial charge in [0.15, 0.2) is 0 Å². The first-order chi connectivity index (χ1) is 11.4. The Balaban J connectivity index is 2.04. The first-order valence-corrected chi connectivity index (χ1v) is 7.52. The Hall–Kier alpha value is -2.63. The summed E-state index contributed by atoms with van der Waals surface area (Å²) in [5.74, 6) is -1.03. The second kappa shape index (κ2) is 6.47. The van der Waals surface area contributed by atoms with Crippen LogP contribution < -0.4 is 5.56 Å². The molecule has 0 saturated heterocycles. The smallest absolute Gasteiger partial charge is 0.319 e. The van der Waals surface area contributed by atoms with Gasteiger partial charge >= 0.3 is 6.18 Å². The molecule has 1 atom stereocenters. The fraction of sp³-hybridized carbons (Fsp3) is 0.222. The van der Waals surface area contributed by atoms with E-state index in [0.717, 1.165) is 5.56 Å². The highest BCUT2D eigenvalue weighted by Crippen LogP contribution is 2.32. The number of rotatable bonds is 4. The van der Waals surface area contributed by atoms with E-state index in [9.17, 15) is 18.0 Å². The van der Waals surface area contributed by atoms with E-state index >= 15 is 0 Å². The largest absolute Gasteiger partial charge is 0.389 e. The molecule has 0 saturated carbocycles. The van der Waals surface area contributed by atoms with Crippen LogP contribution in [0.4, 0.5) is 13.2 Å². The number of fused-ring (bicyclic) bond motifs is 1. The van der Waals surface area contributed by atoms with Crippen molar-refractivity contribution in [1.29, 1.82) is 0 Å². The van der Waals surface area contributed by atoms with Crippen LogP contribution in [0.3, 0.4) is 0 Å². The summed E-state index contributed by atoms with van der Waals surface area (Å²) in [5.41, 5.74) is 1.08. The van der Waals surface area contributed by atoms with E-state index in [1.165, 1.54) is 0 Å². The lowest BCUT2D eigenvalue weighted by Crippen LogP contribution is -2.24. The average molecular weight is 332 g/mol. The summed E-state index contributed by atoms with van der Waals surface area (Å²) in [6.45, 7) is 0. The molecule has 2 aromatic carbocycles. The van der Waals surface area contributed by atoms with Gasteiger partial charge in [0, 0.05) is 5.92 Å². The monoisotopic (exact) mass is 332 g/mol. The van der Waals surface area contributed by atoms with Crippen LogP contribution in [-0.2, 0) is 6.42 Å². The predicted octanol–water partition coefficient (Wildman–Crippen LogP) is 4.20. The minimum Gasteiger partial charge on any atom is -0.319 e. The Bertz CT molecular complexity index is 888. The first kappa shape index (κ1) is 16.2. The highest BCUT2D eigenvalue weighted by molar-refractivity contribution is 5.73. The summed E-state index contributed by atoms with van der Waals surface area (Å²) in [5, 5.41) is 0. The van der Waals surface area contributed by atoms with Gasteiger partial charge < -0.3 is 4.98 Å². The van der Waals surface area contributed by atoms with Crippen molar-refractivity contribution in [2.24, 2.45) is 0 Å². The van der Waals surface area contributed by atoms with Gasteiger partial charge in [0.05, 0.1) is 17.5 Å². The van der Waals surface area contributed by atoms with Crippen molar-refractivity contribution in [2.75, 3.05) is 0 Å². The second-order valence-corrected chi connectivity index (χ2v) is 5.67. The molecule has 0 aliphatic heterocycles. The number of nitrogens with one attached hydrogen (secondary N) is 1. The molecule has 3 rings (SSSR count). The van der Waals surface area contributed by atoms with Crippen molar-refractivity contribution >= 4 is 11.0 Å². The van der Waals surface area contributed by atoms with E-state index in [0.29, 0.717) is 11.0 Å². The topological polar surface area (TPSA) is 45.8 Å². The molecular formula is C18H15F3N2O. The van der Waals surface area contributed by atoms with Crippen LogP contribution in [0.1, 0.15) is 23.6 Å². The molecule has 0 amide bonds. The first-order valence-electron chi connectivity index (χ1n) is 7.52. The van der Waals surface area contributed by atoms with Crippen LogP contribution in [0.25, 0.3) is 11.0 Å². The molecule has 0 aliphatic rings. The SMILES string of the molecule is O=c1[nH]c2ccccc2nc1C(Cc1ccccc1)CC(F)(F)F. The van der Waals surface area contributed by atoms with Crippen LogP contribution >= 0.6 is 0 Å². The zero-order valence-corrected chi connectivity index (χ0v) is 12.7. The molecule has 0 spiro atoms. The van der Waals surface area contributed by atoms with Gasteiger partial charge in [0.2, 0.25) is 0 Å². The van der Waals surface area contributed by atoms with Crippen molar-refractivity contribution in [3.63, 3.8) is 0 Å². The Morgan fingerprint density at radius 3 is 2.38 bits per heavy atom. The molecule has 1 N–H and O–H groups in total. The zero-order chi connectivity index (χ0) is 17.2. The highest BCUT2D eigenvalue weighted by atomic mass is 19.4.